The van der Waals surface area contributed by atoms with Crippen LogP contribution in [0.1, 0.15) is 20.3 Å². The smallest absolute Gasteiger partial charge is 0.327 e. The monoisotopic (exact) mass is 465 g/mol. The van der Waals surface area contributed by atoms with Crippen molar-refractivity contribution in [2.45, 2.75) is 26.4 Å². The highest BCUT2D eigenvalue weighted by Gasteiger charge is 2.18. The van der Waals surface area contributed by atoms with Crippen LogP contribution in [0.3, 0.4) is 0 Å². The molecule has 0 amide bonds. The predicted octanol–water partition coefficient (Wildman–Crippen LogP) is 0.821. The molecule has 0 aliphatic heterocycles. The van der Waals surface area contributed by atoms with Gasteiger partial charge in [-0.15, -0.1) is 0 Å². The molecule has 0 aromatic rings. The third-order valence-corrected chi connectivity index (χ3v) is 6.47. The zero-order chi connectivity index (χ0) is 22.0. The SMILES string of the molecule is CCP(=O)(O)NCCCOCCOCCOCCOCC(O)COP(=O)(O)CC. The standard InChI is InChI=1S/C16H37NO10P2/c1-3-28(19,20)17-6-5-7-23-8-9-24-10-11-25-12-13-26-14-16(18)15-27-29(21,22)4-2/h16,18H,3-15H2,1-2H3,(H,21,22)(H2,17,19,20). The first kappa shape index (κ1) is 29.1. The van der Waals surface area contributed by atoms with Crippen LogP contribution in [0.25, 0.3) is 0 Å². The molecule has 0 fully saturated rings. The van der Waals surface area contributed by atoms with Crippen molar-refractivity contribution in [2.75, 3.05) is 78.3 Å². The van der Waals surface area contributed by atoms with E-state index in [0.29, 0.717) is 52.6 Å². The van der Waals surface area contributed by atoms with Gasteiger partial charge in [0, 0.05) is 25.5 Å². The molecule has 0 aliphatic carbocycles. The molecule has 176 valence electrons. The second kappa shape index (κ2) is 17.7. The van der Waals surface area contributed by atoms with E-state index in [-0.39, 0.29) is 32.1 Å². The molecule has 0 aromatic heterocycles. The van der Waals surface area contributed by atoms with Crippen LogP contribution in [0.15, 0.2) is 0 Å². The van der Waals surface area contributed by atoms with Gasteiger partial charge in [0.25, 0.3) is 7.52 Å². The Kier molecular flexibility index (Phi) is 17.8. The van der Waals surface area contributed by atoms with Crippen molar-refractivity contribution in [3.8, 4) is 0 Å². The van der Waals surface area contributed by atoms with E-state index in [0.717, 1.165) is 0 Å². The van der Waals surface area contributed by atoms with E-state index in [2.05, 4.69) is 5.09 Å². The first-order valence-electron chi connectivity index (χ1n) is 9.74. The number of nitrogens with one attached hydrogen (secondary N) is 1. The van der Waals surface area contributed by atoms with Crippen LogP contribution in [-0.4, -0.2) is 99.3 Å². The van der Waals surface area contributed by atoms with Gasteiger partial charge in [0.15, 0.2) is 0 Å². The average molecular weight is 465 g/mol. The molecule has 29 heavy (non-hydrogen) atoms. The highest BCUT2D eigenvalue weighted by molar-refractivity contribution is 7.55. The maximum atomic E-state index is 11.3. The normalized spacial score (nSPS) is 17.0. The Morgan fingerprint density at radius 3 is 1.83 bits per heavy atom. The molecular formula is C16H37NO10P2. The fourth-order valence-electron chi connectivity index (χ4n) is 1.76. The van der Waals surface area contributed by atoms with E-state index in [1.165, 1.54) is 6.92 Å². The van der Waals surface area contributed by atoms with Crippen LogP contribution in [0.5, 0.6) is 0 Å². The predicted molar refractivity (Wildman–Crippen MR) is 109 cm³/mol. The Labute approximate surface area is 173 Å². The second-order valence-corrected chi connectivity index (χ2v) is 10.6. The number of aliphatic hydroxyl groups excluding tert-OH is 1. The van der Waals surface area contributed by atoms with Crippen molar-refractivity contribution in [2.24, 2.45) is 0 Å². The van der Waals surface area contributed by atoms with Crippen LogP contribution in [0.4, 0.5) is 0 Å². The third kappa shape index (κ3) is 19.8. The van der Waals surface area contributed by atoms with Gasteiger partial charge in [-0.25, -0.2) is 5.09 Å². The molecule has 0 rings (SSSR count). The second-order valence-electron chi connectivity index (χ2n) is 6.09. The molecule has 11 nitrogen and oxygen atoms in total. The molecule has 0 aromatic carbocycles. The zero-order valence-electron chi connectivity index (χ0n) is 17.4. The largest absolute Gasteiger partial charge is 0.388 e. The highest BCUT2D eigenvalue weighted by Crippen LogP contribution is 2.40. The van der Waals surface area contributed by atoms with Crippen molar-refractivity contribution in [3.05, 3.63) is 0 Å². The van der Waals surface area contributed by atoms with E-state index < -0.39 is 21.2 Å². The summed E-state index contributed by atoms with van der Waals surface area (Å²) in [5, 5.41) is 12.2. The molecule has 0 bridgehead atoms. The summed E-state index contributed by atoms with van der Waals surface area (Å²) in [6.45, 7) is 6.13. The van der Waals surface area contributed by atoms with Crippen molar-refractivity contribution >= 4 is 15.1 Å². The van der Waals surface area contributed by atoms with Crippen LogP contribution < -0.4 is 5.09 Å². The molecule has 4 N–H and O–H groups in total. The van der Waals surface area contributed by atoms with Crippen LogP contribution in [0.2, 0.25) is 0 Å². The molecule has 0 saturated carbocycles. The van der Waals surface area contributed by atoms with E-state index >= 15 is 0 Å². The Morgan fingerprint density at radius 2 is 1.31 bits per heavy atom. The molecule has 0 spiro atoms. The van der Waals surface area contributed by atoms with Crippen molar-refractivity contribution in [1.82, 2.24) is 5.09 Å². The van der Waals surface area contributed by atoms with Gasteiger partial charge in [-0.3, -0.25) is 9.13 Å². The van der Waals surface area contributed by atoms with Gasteiger partial charge >= 0.3 is 7.60 Å². The summed E-state index contributed by atoms with van der Waals surface area (Å²) in [7, 11) is -6.76. The summed E-state index contributed by atoms with van der Waals surface area (Å²) in [4.78, 5) is 18.5. The van der Waals surface area contributed by atoms with Gasteiger partial charge in [-0.1, -0.05) is 13.8 Å². The lowest BCUT2D eigenvalue weighted by atomic mass is 10.4. The van der Waals surface area contributed by atoms with Crippen LogP contribution >= 0.6 is 15.1 Å². The molecule has 3 unspecified atom stereocenters. The van der Waals surface area contributed by atoms with Crippen molar-refractivity contribution < 1.29 is 47.5 Å². The highest BCUT2D eigenvalue weighted by atomic mass is 31.2. The molecule has 13 heteroatoms. The Morgan fingerprint density at radius 1 is 0.793 bits per heavy atom. The number of ether oxygens (including phenoxy) is 4. The Balaban J connectivity index is 3.28. The van der Waals surface area contributed by atoms with Gasteiger partial charge in [-0.05, 0) is 6.42 Å². The lowest BCUT2D eigenvalue weighted by Crippen LogP contribution is -2.22. The lowest BCUT2D eigenvalue weighted by Gasteiger charge is -2.14. The molecule has 3 atom stereocenters. The summed E-state index contributed by atoms with van der Waals surface area (Å²) < 4.78 is 48.5. The van der Waals surface area contributed by atoms with Crippen molar-refractivity contribution in [1.29, 1.82) is 0 Å². The fraction of sp³-hybridized carbons (Fsp3) is 1.00. The lowest BCUT2D eigenvalue weighted by molar-refractivity contribution is -0.0250. The summed E-state index contributed by atoms with van der Waals surface area (Å²) in [6.07, 6.45) is -0.123. The number of rotatable bonds is 21. The summed E-state index contributed by atoms with van der Waals surface area (Å²) in [6, 6.07) is 0. The molecular weight excluding hydrogens is 428 g/mol. The van der Waals surface area contributed by atoms with E-state index in [1.54, 1.807) is 6.92 Å². The fourth-order valence-corrected chi connectivity index (χ4v) is 3.08. The minimum absolute atomic E-state index is 0.00605. The van der Waals surface area contributed by atoms with Crippen LogP contribution in [0, 0.1) is 0 Å². The summed E-state index contributed by atoms with van der Waals surface area (Å²) >= 11 is 0. The first-order chi connectivity index (χ1) is 13.7. The molecule has 0 saturated heterocycles. The topological polar surface area (TPSA) is 153 Å². The molecule has 0 radical (unpaired) electrons. The Bertz CT molecular complexity index is 483. The Hall–Kier alpha value is 0.1000. The molecule has 0 heterocycles. The van der Waals surface area contributed by atoms with E-state index in [9.17, 15) is 24.0 Å². The minimum Gasteiger partial charge on any atom is -0.388 e. The summed E-state index contributed by atoms with van der Waals surface area (Å²) in [5.41, 5.74) is 0. The number of hydrogen-bond donors (Lipinski definition) is 4. The average Bonchev–Trinajstić information content (AvgIpc) is 2.69. The number of aliphatic hydroxyl groups is 1. The molecule has 0 aliphatic rings. The van der Waals surface area contributed by atoms with E-state index in [4.69, 9.17) is 23.5 Å². The summed E-state index contributed by atoms with van der Waals surface area (Å²) in [5.74, 6) is 0. The number of hydrogen-bond acceptors (Lipinski definition) is 8. The van der Waals surface area contributed by atoms with E-state index in [1.807, 2.05) is 0 Å². The maximum Gasteiger partial charge on any atom is 0.327 e. The van der Waals surface area contributed by atoms with Gasteiger partial charge in [0.05, 0.1) is 52.9 Å². The van der Waals surface area contributed by atoms with Crippen LogP contribution in [-0.2, 0) is 32.6 Å². The van der Waals surface area contributed by atoms with Gasteiger partial charge in [0.1, 0.15) is 6.10 Å². The minimum atomic E-state index is -3.59. The zero-order valence-corrected chi connectivity index (χ0v) is 19.2. The maximum absolute atomic E-state index is 11.3. The van der Waals surface area contributed by atoms with Gasteiger partial charge in [-0.2, -0.15) is 0 Å². The first-order valence-corrected chi connectivity index (χ1v) is 13.4. The van der Waals surface area contributed by atoms with Gasteiger partial charge < -0.3 is 38.4 Å². The van der Waals surface area contributed by atoms with Crippen molar-refractivity contribution in [3.63, 3.8) is 0 Å². The van der Waals surface area contributed by atoms with Gasteiger partial charge in [0.2, 0.25) is 0 Å². The third-order valence-electron chi connectivity index (χ3n) is 3.55. The quantitative estimate of drug-likeness (QED) is 0.141.